The minimum Gasteiger partial charge on any atom is -0.312 e. The second-order valence-corrected chi connectivity index (χ2v) is 7.24. The second kappa shape index (κ2) is 6.48. The zero-order chi connectivity index (χ0) is 13.8. The number of hydrogen-bond donors (Lipinski definition) is 1. The van der Waals surface area contributed by atoms with E-state index in [1.807, 2.05) is 12.4 Å². The van der Waals surface area contributed by atoms with Gasteiger partial charge in [0.05, 0.1) is 3.79 Å². The summed E-state index contributed by atoms with van der Waals surface area (Å²) in [5.74, 6) is 0. The van der Waals surface area contributed by atoms with E-state index >= 15 is 0 Å². The first kappa shape index (κ1) is 13.7. The molecule has 1 N–H and O–H groups in total. The van der Waals surface area contributed by atoms with Crippen molar-refractivity contribution >= 4 is 38.0 Å². The van der Waals surface area contributed by atoms with Gasteiger partial charge in [-0.2, -0.15) is 0 Å². The molecule has 0 saturated heterocycles. The first-order valence-corrected chi connectivity index (χ1v) is 8.20. The van der Waals surface area contributed by atoms with Crippen LogP contribution in [0.1, 0.15) is 10.4 Å². The highest BCUT2D eigenvalue weighted by Crippen LogP contribution is 2.22. The van der Waals surface area contributed by atoms with E-state index in [4.69, 9.17) is 0 Å². The maximum atomic E-state index is 4.14. The van der Waals surface area contributed by atoms with E-state index in [1.165, 1.54) is 25.0 Å². The van der Waals surface area contributed by atoms with E-state index in [0.29, 0.717) is 0 Å². The molecule has 2 nitrogen and oxygen atoms in total. The van der Waals surface area contributed by atoms with Crippen LogP contribution in [0.4, 0.5) is 0 Å². The van der Waals surface area contributed by atoms with E-state index in [-0.39, 0.29) is 0 Å². The number of nitrogens with one attached hydrogen (secondary N) is 1. The van der Waals surface area contributed by atoms with Crippen LogP contribution in [0.5, 0.6) is 0 Å². The van der Waals surface area contributed by atoms with Gasteiger partial charge < -0.3 is 5.32 Å². The van der Waals surface area contributed by atoms with Crippen LogP contribution < -0.4 is 5.32 Å². The average Bonchev–Trinajstić information content (AvgIpc) is 2.89. The molecule has 102 valence electrons. The van der Waals surface area contributed by atoms with Gasteiger partial charge in [0.1, 0.15) is 0 Å². The summed E-state index contributed by atoms with van der Waals surface area (Å²) in [5, 5.41) is 5.95. The van der Waals surface area contributed by atoms with Crippen LogP contribution in [-0.4, -0.2) is 11.5 Å². The van der Waals surface area contributed by atoms with Crippen LogP contribution in [0.15, 0.2) is 52.6 Å². The molecule has 0 fully saturated rings. The molecule has 0 radical (unpaired) electrons. The molecule has 3 rings (SSSR count). The summed E-state index contributed by atoms with van der Waals surface area (Å²) in [6, 6.07) is 12.9. The fourth-order valence-electron chi connectivity index (χ4n) is 2.17. The van der Waals surface area contributed by atoms with Gasteiger partial charge in [-0.05, 0) is 57.6 Å². The Morgan fingerprint density at radius 2 is 2.05 bits per heavy atom. The minimum atomic E-state index is 0.908. The number of hydrogen-bond acceptors (Lipinski definition) is 3. The van der Waals surface area contributed by atoms with Gasteiger partial charge in [-0.3, -0.25) is 4.98 Å². The number of pyridine rings is 1. The molecule has 0 spiro atoms. The molecule has 0 atom stereocenters. The van der Waals surface area contributed by atoms with E-state index in [9.17, 15) is 0 Å². The molecular weight excluding hydrogens is 332 g/mol. The average molecular weight is 347 g/mol. The SMILES string of the molecule is Brc1ccc(CCNCc2ccc3cnccc3c2)s1. The molecule has 0 aliphatic carbocycles. The zero-order valence-electron chi connectivity index (χ0n) is 11.0. The second-order valence-electron chi connectivity index (χ2n) is 4.69. The van der Waals surface area contributed by atoms with Crippen LogP contribution in [0.2, 0.25) is 0 Å². The molecule has 3 aromatic rings. The van der Waals surface area contributed by atoms with Crippen molar-refractivity contribution in [2.45, 2.75) is 13.0 Å². The van der Waals surface area contributed by atoms with Crippen LogP contribution in [0.25, 0.3) is 10.8 Å². The lowest BCUT2D eigenvalue weighted by molar-refractivity contribution is 0.691. The first-order valence-electron chi connectivity index (χ1n) is 6.59. The van der Waals surface area contributed by atoms with Crippen molar-refractivity contribution in [1.82, 2.24) is 10.3 Å². The molecule has 1 aromatic carbocycles. The smallest absolute Gasteiger partial charge is 0.0701 e. The third-order valence-corrected chi connectivity index (χ3v) is 4.89. The molecule has 0 bridgehead atoms. The zero-order valence-corrected chi connectivity index (χ0v) is 13.4. The van der Waals surface area contributed by atoms with Crippen LogP contribution in [-0.2, 0) is 13.0 Å². The van der Waals surface area contributed by atoms with Crippen molar-refractivity contribution < 1.29 is 0 Å². The van der Waals surface area contributed by atoms with Crippen molar-refractivity contribution in [2.24, 2.45) is 0 Å². The molecule has 0 aliphatic heterocycles. The van der Waals surface area contributed by atoms with Gasteiger partial charge in [0.2, 0.25) is 0 Å². The highest BCUT2D eigenvalue weighted by atomic mass is 79.9. The largest absolute Gasteiger partial charge is 0.312 e. The topological polar surface area (TPSA) is 24.9 Å². The van der Waals surface area contributed by atoms with Crippen molar-refractivity contribution in [3.8, 4) is 0 Å². The third kappa shape index (κ3) is 3.45. The maximum Gasteiger partial charge on any atom is 0.0701 e. The summed E-state index contributed by atoms with van der Waals surface area (Å²) in [6.45, 7) is 1.91. The predicted octanol–water partition coefficient (Wildman–Crippen LogP) is 4.39. The lowest BCUT2D eigenvalue weighted by Crippen LogP contribution is -2.16. The maximum absolute atomic E-state index is 4.14. The monoisotopic (exact) mass is 346 g/mol. The highest BCUT2D eigenvalue weighted by molar-refractivity contribution is 9.11. The van der Waals surface area contributed by atoms with E-state index in [1.54, 1.807) is 11.3 Å². The summed E-state index contributed by atoms with van der Waals surface area (Å²) < 4.78 is 1.20. The van der Waals surface area contributed by atoms with Gasteiger partial charge in [0.25, 0.3) is 0 Å². The Hall–Kier alpha value is -1.23. The molecule has 20 heavy (non-hydrogen) atoms. The normalized spacial score (nSPS) is 11.1. The summed E-state index contributed by atoms with van der Waals surface area (Å²) in [7, 11) is 0. The van der Waals surface area contributed by atoms with Gasteiger partial charge in [0.15, 0.2) is 0 Å². The van der Waals surface area contributed by atoms with E-state index in [0.717, 1.165) is 19.5 Å². The quantitative estimate of drug-likeness (QED) is 0.693. The van der Waals surface area contributed by atoms with Crippen LogP contribution >= 0.6 is 27.3 Å². The highest BCUT2D eigenvalue weighted by Gasteiger charge is 1.99. The Morgan fingerprint density at radius 3 is 2.90 bits per heavy atom. The Kier molecular flexibility index (Phi) is 4.45. The number of fused-ring (bicyclic) bond motifs is 1. The Labute approximate surface area is 131 Å². The number of thiophene rings is 1. The lowest BCUT2D eigenvalue weighted by Gasteiger charge is -2.05. The molecular formula is C16H15BrN2S. The van der Waals surface area contributed by atoms with Gasteiger partial charge >= 0.3 is 0 Å². The van der Waals surface area contributed by atoms with Crippen LogP contribution in [0.3, 0.4) is 0 Å². The standard InChI is InChI=1S/C16H15BrN2S/c17-16-4-3-15(20-16)6-8-18-10-12-1-2-14-11-19-7-5-13(14)9-12/h1-5,7,9,11,18H,6,8,10H2. The van der Waals surface area contributed by atoms with Crippen molar-refractivity contribution in [1.29, 1.82) is 0 Å². The molecule has 2 aromatic heterocycles. The van der Waals surface area contributed by atoms with Gasteiger partial charge in [0, 0.05) is 35.7 Å². The van der Waals surface area contributed by atoms with Crippen molar-refractivity contribution in [3.05, 3.63) is 63.0 Å². The fraction of sp³-hybridized carbons (Fsp3) is 0.188. The summed E-state index contributed by atoms with van der Waals surface area (Å²) in [4.78, 5) is 5.55. The van der Waals surface area contributed by atoms with E-state index < -0.39 is 0 Å². The molecule has 0 amide bonds. The van der Waals surface area contributed by atoms with Gasteiger partial charge in [-0.15, -0.1) is 11.3 Å². The van der Waals surface area contributed by atoms with Gasteiger partial charge in [-0.25, -0.2) is 0 Å². The Morgan fingerprint density at radius 1 is 1.10 bits per heavy atom. The Bertz CT molecular complexity index is 708. The van der Waals surface area contributed by atoms with Crippen LogP contribution in [0, 0.1) is 0 Å². The molecule has 0 unspecified atom stereocenters. The summed E-state index contributed by atoms with van der Waals surface area (Å²) >= 11 is 5.30. The number of halogens is 1. The molecule has 0 saturated carbocycles. The third-order valence-electron chi connectivity index (χ3n) is 3.21. The first-order chi connectivity index (χ1) is 9.81. The van der Waals surface area contributed by atoms with E-state index in [2.05, 4.69) is 62.6 Å². The number of rotatable bonds is 5. The lowest BCUT2D eigenvalue weighted by atomic mass is 10.1. The van der Waals surface area contributed by atoms with Gasteiger partial charge in [-0.1, -0.05) is 12.1 Å². The Balaban J connectivity index is 1.54. The number of benzene rings is 1. The molecule has 2 heterocycles. The minimum absolute atomic E-state index is 0.908. The number of nitrogens with zero attached hydrogens (tertiary/aromatic N) is 1. The summed E-state index contributed by atoms with van der Waals surface area (Å²) in [6.07, 6.45) is 4.82. The molecule has 4 heteroatoms. The fourth-order valence-corrected chi connectivity index (χ4v) is 3.66. The molecule has 0 aliphatic rings. The predicted molar refractivity (Wildman–Crippen MR) is 89.2 cm³/mol. The van der Waals surface area contributed by atoms with Crippen molar-refractivity contribution in [2.75, 3.05) is 6.54 Å². The van der Waals surface area contributed by atoms with Crippen molar-refractivity contribution in [3.63, 3.8) is 0 Å². The summed E-state index contributed by atoms with van der Waals surface area (Å²) in [5.41, 5.74) is 1.32. The number of aromatic nitrogens is 1.